The minimum Gasteiger partial charge on any atom is -0.493 e. The Labute approximate surface area is 214 Å². The quantitative estimate of drug-likeness (QED) is 0.244. The third-order valence-corrected chi connectivity index (χ3v) is 6.82. The summed E-state index contributed by atoms with van der Waals surface area (Å²) in [6.45, 7) is -0.112. The fourth-order valence-corrected chi connectivity index (χ4v) is 4.87. The third-order valence-electron chi connectivity index (χ3n) is 4.87. The summed E-state index contributed by atoms with van der Waals surface area (Å²) in [6, 6.07) is 13.4. The summed E-state index contributed by atoms with van der Waals surface area (Å²) in [5.74, 6) is -0.662. The molecule has 0 saturated carbocycles. The van der Waals surface area contributed by atoms with Crippen LogP contribution in [0.5, 0.6) is 11.5 Å². The van der Waals surface area contributed by atoms with E-state index in [4.69, 9.17) is 44.9 Å². The van der Waals surface area contributed by atoms with Crippen LogP contribution in [0, 0.1) is 11.6 Å². The third kappa shape index (κ3) is 5.05. The molecular weight excluding hydrogens is 523 g/mol. The van der Waals surface area contributed by atoms with Crippen LogP contribution >= 0.6 is 47.2 Å². The molecule has 1 heterocycles. The predicted molar refractivity (Wildman–Crippen MR) is 136 cm³/mol. The summed E-state index contributed by atoms with van der Waals surface area (Å²) in [7, 11) is 1.48. The normalized spacial score (nSPS) is 14.7. The van der Waals surface area contributed by atoms with Crippen molar-refractivity contribution in [2.45, 2.75) is 6.61 Å². The van der Waals surface area contributed by atoms with E-state index in [1.807, 2.05) is 0 Å². The van der Waals surface area contributed by atoms with E-state index in [9.17, 15) is 13.6 Å². The number of carbonyl (C=O) groups excluding carboxylic acids is 1. The van der Waals surface area contributed by atoms with Crippen LogP contribution in [-0.4, -0.2) is 17.3 Å². The molecule has 174 valence electrons. The lowest BCUT2D eigenvalue weighted by Crippen LogP contribution is -2.27. The number of methoxy groups -OCH3 is 1. The lowest BCUT2D eigenvalue weighted by atomic mass is 10.1. The standard InChI is InChI=1S/C24H15Cl2F2NO3S2/c1-31-20-8-5-13(9-21(20)32-12-15-16(25)3-2-4-18(15)27)10-22-23(30)29(24(33)34-22)14-6-7-19(28)17(26)11-14/h2-11H,12H2,1H3/b22-10+. The van der Waals surface area contributed by atoms with E-state index in [1.165, 1.54) is 42.3 Å². The summed E-state index contributed by atoms with van der Waals surface area (Å²) in [5.41, 5.74) is 1.22. The molecule has 4 rings (SSSR count). The highest BCUT2D eigenvalue weighted by Gasteiger charge is 2.33. The van der Waals surface area contributed by atoms with E-state index >= 15 is 0 Å². The Kier molecular flexibility index (Phi) is 7.42. The summed E-state index contributed by atoms with van der Waals surface area (Å²) in [4.78, 5) is 14.7. The Morgan fingerprint density at radius 2 is 1.82 bits per heavy atom. The first-order valence-electron chi connectivity index (χ1n) is 9.75. The van der Waals surface area contributed by atoms with Gasteiger partial charge in [-0.1, -0.05) is 59.3 Å². The SMILES string of the molecule is COc1ccc(/C=C2/SC(=S)N(c3ccc(F)c(Cl)c3)C2=O)cc1OCc1c(F)cccc1Cl. The molecule has 1 saturated heterocycles. The van der Waals surface area contributed by atoms with Crippen molar-refractivity contribution in [2.24, 2.45) is 0 Å². The molecule has 0 N–H and O–H groups in total. The van der Waals surface area contributed by atoms with Crippen molar-refractivity contribution in [2.75, 3.05) is 12.0 Å². The lowest BCUT2D eigenvalue weighted by molar-refractivity contribution is -0.113. The van der Waals surface area contributed by atoms with Crippen molar-refractivity contribution >= 4 is 69.2 Å². The zero-order chi connectivity index (χ0) is 24.4. The average Bonchev–Trinajstić information content (AvgIpc) is 3.08. The van der Waals surface area contributed by atoms with E-state index in [2.05, 4.69) is 0 Å². The molecule has 0 radical (unpaired) electrons. The van der Waals surface area contributed by atoms with Gasteiger partial charge in [-0.15, -0.1) is 0 Å². The minimum absolute atomic E-state index is 0.109. The van der Waals surface area contributed by atoms with Gasteiger partial charge in [-0.05, 0) is 54.1 Å². The molecule has 0 bridgehead atoms. The number of carbonyl (C=O) groups is 1. The molecule has 1 aliphatic heterocycles. The van der Waals surface area contributed by atoms with Crippen molar-refractivity contribution < 1.29 is 23.0 Å². The van der Waals surface area contributed by atoms with Crippen molar-refractivity contribution in [1.82, 2.24) is 0 Å². The lowest BCUT2D eigenvalue weighted by Gasteiger charge is -2.15. The molecule has 0 spiro atoms. The number of anilines is 1. The van der Waals surface area contributed by atoms with Crippen LogP contribution in [0.15, 0.2) is 59.5 Å². The number of amides is 1. The Balaban J connectivity index is 1.59. The maximum absolute atomic E-state index is 14.1. The van der Waals surface area contributed by atoms with Crippen LogP contribution < -0.4 is 14.4 Å². The van der Waals surface area contributed by atoms with Crippen LogP contribution in [-0.2, 0) is 11.4 Å². The monoisotopic (exact) mass is 537 g/mol. The number of thioether (sulfide) groups is 1. The number of hydrogen-bond acceptors (Lipinski definition) is 5. The number of halogens is 4. The van der Waals surface area contributed by atoms with Crippen LogP contribution in [0.1, 0.15) is 11.1 Å². The summed E-state index contributed by atoms with van der Waals surface area (Å²) >= 11 is 18.4. The Morgan fingerprint density at radius 1 is 1.03 bits per heavy atom. The number of ether oxygens (including phenoxy) is 2. The van der Waals surface area contributed by atoms with Gasteiger partial charge < -0.3 is 9.47 Å². The Bertz CT molecular complexity index is 1310. The predicted octanol–water partition coefficient (Wildman–Crippen LogP) is 7.27. The van der Waals surface area contributed by atoms with Gasteiger partial charge in [0, 0.05) is 5.56 Å². The van der Waals surface area contributed by atoms with Crippen molar-refractivity contribution in [3.8, 4) is 11.5 Å². The van der Waals surface area contributed by atoms with Crippen LogP contribution in [0.2, 0.25) is 10.0 Å². The number of hydrogen-bond donors (Lipinski definition) is 0. The van der Waals surface area contributed by atoms with Crippen LogP contribution in [0.25, 0.3) is 6.08 Å². The van der Waals surface area contributed by atoms with Crippen LogP contribution in [0.3, 0.4) is 0 Å². The molecule has 10 heteroatoms. The fourth-order valence-electron chi connectivity index (χ4n) is 3.18. The maximum Gasteiger partial charge on any atom is 0.270 e. The van der Waals surface area contributed by atoms with E-state index in [0.717, 1.165) is 11.8 Å². The molecule has 0 aromatic heterocycles. The molecule has 0 unspecified atom stereocenters. The van der Waals surface area contributed by atoms with Gasteiger partial charge in [0.2, 0.25) is 0 Å². The summed E-state index contributed by atoms with van der Waals surface area (Å²) in [5, 5.41) is 0.141. The summed E-state index contributed by atoms with van der Waals surface area (Å²) < 4.78 is 39.0. The second-order valence-electron chi connectivity index (χ2n) is 7.01. The Morgan fingerprint density at radius 3 is 2.53 bits per heavy atom. The van der Waals surface area contributed by atoms with Gasteiger partial charge in [-0.2, -0.15) is 0 Å². The first-order valence-corrected chi connectivity index (χ1v) is 11.7. The zero-order valence-electron chi connectivity index (χ0n) is 17.5. The van der Waals surface area contributed by atoms with E-state index in [-0.39, 0.29) is 32.4 Å². The molecule has 3 aromatic rings. The number of rotatable bonds is 6. The highest BCUT2D eigenvalue weighted by molar-refractivity contribution is 8.27. The number of benzene rings is 3. The van der Waals surface area contributed by atoms with Crippen molar-refractivity contribution in [3.63, 3.8) is 0 Å². The number of nitrogens with zero attached hydrogens (tertiary/aromatic N) is 1. The van der Waals surface area contributed by atoms with Gasteiger partial charge in [0.1, 0.15) is 18.2 Å². The maximum atomic E-state index is 14.1. The summed E-state index contributed by atoms with van der Waals surface area (Å²) in [6.07, 6.45) is 1.65. The van der Waals surface area contributed by atoms with Gasteiger partial charge in [-0.25, -0.2) is 8.78 Å². The minimum atomic E-state index is -0.589. The van der Waals surface area contributed by atoms with Gasteiger partial charge in [0.15, 0.2) is 15.8 Å². The van der Waals surface area contributed by atoms with Crippen molar-refractivity contribution in [3.05, 3.63) is 92.3 Å². The average molecular weight is 538 g/mol. The molecule has 1 aliphatic rings. The smallest absolute Gasteiger partial charge is 0.270 e. The highest BCUT2D eigenvalue weighted by Crippen LogP contribution is 2.38. The van der Waals surface area contributed by atoms with Crippen LogP contribution in [0.4, 0.5) is 14.5 Å². The first-order chi connectivity index (χ1) is 16.3. The molecular formula is C24H15Cl2F2NO3S2. The Hall–Kier alpha value is -2.65. The highest BCUT2D eigenvalue weighted by atomic mass is 35.5. The molecule has 0 atom stereocenters. The second kappa shape index (κ2) is 10.3. The number of thiocarbonyl (C=S) groups is 1. The van der Waals surface area contributed by atoms with E-state index in [1.54, 1.807) is 30.3 Å². The molecule has 1 amide bonds. The van der Waals surface area contributed by atoms with E-state index in [0.29, 0.717) is 27.7 Å². The molecule has 0 aliphatic carbocycles. The van der Waals surface area contributed by atoms with Gasteiger partial charge in [0.25, 0.3) is 5.91 Å². The molecule has 1 fully saturated rings. The molecule has 4 nitrogen and oxygen atoms in total. The molecule has 3 aromatic carbocycles. The zero-order valence-corrected chi connectivity index (χ0v) is 20.6. The van der Waals surface area contributed by atoms with Gasteiger partial charge in [-0.3, -0.25) is 9.69 Å². The second-order valence-corrected chi connectivity index (χ2v) is 9.50. The van der Waals surface area contributed by atoms with Gasteiger partial charge >= 0.3 is 0 Å². The molecule has 34 heavy (non-hydrogen) atoms. The fraction of sp³-hybridized carbons (Fsp3) is 0.0833. The topological polar surface area (TPSA) is 38.8 Å². The van der Waals surface area contributed by atoms with Crippen molar-refractivity contribution in [1.29, 1.82) is 0 Å². The largest absolute Gasteiger partial charge is 0.493 e. The van der Waals surface area contributed by atoms with Gasteiger partial charge in [0.05, 0.1) is 27.7 Å². The van der Waals surface area contributed by atoms with E-state index < -0.39 is 11.6 Å². The first kappa shape index (κ1) is 24.5.